The lowest BCUT2D eigenvalue weighted by Crippen LogP contribution is -2.29. The molecule has 1 rings (SSSR count). The highest BCUT2D eigenvalue weighted by atomic mass is 16.1. The Morgan fingerprint density at radius 2 is 2.46 bits per heavy atom. The number of aryl methyl sites for hydroxylation is 1. The fourth-order valence-electron chi connectivity index (χ4n) is 1.02. The van der Waals surface area contributed by atoms with Crippen LogP contribution in [0.1, 0.15) is 6.42 Å². The molecule has 1 amide bonds. The van der Waals surface area contributed by atoms with Crippen LogP contribution in [0.25, 0.3) is 0 Å². The minimum atomic E-state index is -0.317. The second-order valence-corrected chi connectivity index (χ2v) is 2.80. The van der Waals surface area contributed by atoms with Crippen molar-refractivity contribution in [2.24, 2.45) is 5.73 Å². The molecule has 72 valence electrons. The maximum Gasteiger partial charge on any atom is 0.231 e. The van der Waals surface area contributed by atoms with Gasteiger partial charge in [0.25, 0.3) is 0 Å². The van der Waals surface area contributed by atoms with E-state index >= 15 is 0 Å². The highest BCUT2D eigenvalue weighted by Gasteiger charge is 1.93. The molecule has 5 heteroatoms. The van der Waals surface area contributed by atoms with Crippen LogP contribution in [0.4, 0.5) is 0 Å². The molecule has 0 aliphatic rings. The number of imidazole rings is 1. The molecule has 1 heterocycles. The minimum Gasteiger partial charge on any atom is -0.369 e. The zero-order valence-corrected chi connectivity index (χ0v) is 7.44. The second-order valence-electron chi connectivity index (χ2n) is 2.80. The van der Waals surface area contributed by atoms with Crippen molar-refractivity contribution in [2.45, 2.75) is 13.0 Å². The van der Waals surface area contributed by atoms with Gasteiger partial charge in [-0.2, -0.15) is 0 Å². The topological polar surface area (TPSA) is 72.9 Å². The molecule has 0 spiro atoms. The molecule has 0 unspecified atom stereocenters. The summed E-state index contributed by atoms with van der Waals surface area (Å²) in [6.45, 7) is 1.96. The minimum absolute atomic E-state index is 0.254. The van der Waals surface area contributed by atoms with Crippen molar-refractivity contribution >= 4 is 5.91 Å². The van der Waals surface area contributed by atoms with Gasteiger partial charge < -0.3 is 15.6 Å². The molecule has 0 saturated heterocycles. The van der Waals surface area contributed by atoms with Crippen LogP contribution in [-0.2, 0) is 11.3 Å². The molecule has 5 nitrogen and oxygen atoms in total. The first-order valence-electron chi connectivity index (χ1n) is 4.24. The second kappa shape index (κ2) is 5.31. The van der Waals surface area contributed by atoms with Crippen molar-refractivity contribution in [1.29, 1.82) is 0 Å². The Kier molecular flexibility index (Phi) is 3.98. The van der Waals surface area contributed by atoms with Gasteiger partial charge in [0, 0.05) is 18.9 Å². The summed E-state index contributed by atoms with van der Waals surface area (Å²) in [5.74, 6) is -0.317. The Labute approximate surface area is 76.9 Å². The molecule has 3 N–H and O–H groups in total. The van der Waals surface area contributed by atoms with Crippen LogP contribution in [0.15, 0.2) is 18.7 Å². The van der Waals surface area contributed by atoms with Gasteiger partial charge in [-0.15, -0.1) is 0 Å². The number of carbonyl (C=O) groups is 1. The highest BCUT2D eigenvalue weighted by molar-refractivity contribution is 5.75. The van der Waals surface area contributed by atoms with E-state index in [0.717, 1.165) is 19.5 Å². The van der Waals surface area contributed by atoms with E-state index in [9.17, 15) is 4.79 Å². The standard InChI is InChI=1S/C8H14N4O/c9-8(13)6-10-2-1-4-12-5-3-11-7-12/h3,5,7,10H,1-2,4,6H2,(H2,9,13). The van der Waals surface area contributed by atoms with Crippen molar-refractivity contribution < 1.29 is 4.79 Å². The number of rotatable bonds is 6. The molecule has 0 atom stereocenters. The number of primary amides is 1. The molecule has 1 aromatic rings. The summed E-state index contributed by atoms with van der Waals surface area (Å²) in [4.78, 5) is 14.3. The number of nitrogens with two attached hydrogens (primary N) is 1. The van der Waals surface area contributed by atoms with E-state index in [1.165, 1.54) is 0 Å². The summed E-state index contributed by atoms with van der Waals surface area (Å²) in [7, 11) is 0. The van der Waals surface area contributed by atoms with Crippen molar-refractivity contribution in [3.63, 3.8) is 0 Å². The zero-order valence-electron chi connectivity index (χ0n) is 7.44. The Bertz CT molecular complexity index is 245. The SMILES string of the molecule is NC(=O)CNCCCn1ccnc1. The molecule has 0 bridgehead atoms. The monoisotopic (exact) mass is 182 g/mol. The first-order valence-corrected chi connectivity index (χ1v) is 4.24. The quantitative estimate of drug-likeness (QED) is 0.574. The fraction of sp³-hybridized carbons (Fsp3) is 0.500. The molecule has 1 aromatic heterocycles. The molecule has 0 aliphatic carbocycles. The van der Waals surface area contributed by atoms with Crippen molar-refractivity contribution in [3.05, 3.63) is 18.7 Å². The van der Waals surface area contributed by atoms with Crippen LogP contribution in [0.5, 0.6) is 0 Å². The third-order valence-electron chi connectivity index (χ3n) is 1.63. The van der Waals surface area contributed by atoms with Gasteiger partial charge in [0.15, 0.2) is 0 Å². The number of nitrogens with one attached hydrogen (secondary N) is 1. The normalized spacial score (nSPS) is 10.2. The lowest BCUT2D eigenvalue weighted by Gasteiger charge is -2.02. The van der Waals surface area contributed by atoms with Gasteiger partial charge in [-0.25, -0.2) is 4.98 Å². The zero-order chi connectivity index (χ0) is 9.52. The lowest BCUT2D eigenvalue weighted by molar-refractivity contribution is -0.117. The van der Waals surface area contributed by atoms with E-state index in [-0.39, 0.29) is 12.5 Å². The Morgan fingerprint density at radius 1 is 1.62 bits per heavy atom. The fourth-order valence-corrected chi connectivity index (χ4v) is 1.02. The number of hydrogen-bond donors (Lipinski definition) is 2. The smallest absolute Gasteiger partial charge is 0.231 e. The van der Waals surface area contributed by atoms with Crippen molar-refractivity contribution in [3.8, 4) is 0 Å². The predicted octanol–water partition coefficient (Wildman–Crippen LogP) is -0.652. The third kappa shape index (κ3) is 4.27. The Morgan fingerprint density at radius 3 is 3.08 bits per heavy atom. The molecule has 0 fully saturated rings. The van der Waals surface area contributed by atoms with Crippen LogP contribution in [0.3, 0.4) is 0 Å². The van der Waals surface area contributed by atoms with Crippen molar-refractivity contribution in [2.75, 3.05) is 13.1 Å². The summed E-state index contributed by atoms with van der Waals surface area (Å²) in [6.07, 6.45) is 6.39. The van der Waals surface area contributed by atoms with Crippen LogP contribution >= 0.6 is 0 Å². The van der Waals surface area contributed by atoms with Gasteiger partial charge in [0.05, 0.1) is 12.9 Å². The molecule has 13 heavy (non-hydrogen) atoms. The molecule has 0 aromatic carbocycles. The maximum atomic E-state index is 10.3. The first-order chi connectivity index (χ1) is 6.29. The van der Waals surface area contributed by atoms with Gasteiger partial charge in [0.1, 0.15) is 0 Å². The van der Waals surface area contributed by atoms with E-state index < -0.39 is 0 Å². The van der Waals surface area contributed by atoms with Gasteiger partial charge in [-0.05, 0) is 13.0 Å². The van der Waals surface area contributed by atoms with E-state index in [1.807, 2.05) is 10.8 Å². The van der Waals surface area contributed by atoms with Crippen LogP contribution in [-0.4, -0.2) is 28.5 Å². The number of nitrogens with zero attached hydrogens (tertiary/aromatic N) is 2. The molecular weight excluding hydrogens is 168 g/mol. The largest absolute Gasteiger partial charge is 0.369 e. The van der Waals surface area contributed by atoms with E-state index in [0.29, 0.717) is 0 Å². The lowest BCUT2D eigenvalue weighted by atomic mass is 10.4. The van der Waals surface area contributed by atoms with Crippen LogP contribution in [0, 0.1) is 0 Å². The Balaban J connectivity index is 1.99. The Hall–Kier alpha value is -1.36. The van der Waals surface area contributed by atoms with Crippen LogP contribution < -0.4 is 11.1 Å². The number of amides is 1. The average Bonchev–Trinajstić information content (AvgIpc) is 2.55. The summed E-state index contributed by atoms with van der Waals surface area (Å²) in [6, 6.07) is 0. The predicted molar refractivity (Wildman–Crippen MR) is 48.9 cm³/mol. The molecular formula is C8H14N4O. The van der Waals surface area contributed by atoms with E-state index in [4.69, 9.17) is 5.73 Å². The number of aromatic nitrogens is 2. The van der Waals surface area contributed by atoms with Gasteiger partial charge >= 0.3 is 0 Å². The van der Waals surface area contributed by atoms with E-state index in [1.54, 1.807) is 12.5 Å². The summed E-state index contributed by atoms with van der Waals surface area (Å²) >= 11 is 0. The summed E-state index contributed by atoms with van der Waals surface area (Å²) in [5, 5.41) is 2.94. The summed E-state index contributed by atoms with van der Waals surface area (Å²) < 4.78 is 1.99. The highest BCUT2D eigenvalue weighted by Crippen LogP contribution is 1.88. The summed E-state index contributed by atoms with van der Waals surface area (Å²) in [5.41, 5.74) is 4.95. The number of hydrogen-bond acceptors (Lipinski definition) is 3. The molecule has 0 aliphatic heterocycles. The first kappa shape index (κ1) is 9.73. The van der Waals surface area contributed by atoms with Crippen molar-refractivity contribution in [1.82, 2.24) is 14.9 Å². The maximum absolute atomic E-state index is 10.3. The van der Waals surface area contributed by atoms with E-state index in [2.05, 4.69) is 10.3 Å². The molecule has 0 radical (unpaired) electrons. The third-order valence-corrected chi connectivity index (χ3v) is 1.63. The van der Waals surface area contributed by atoms with Gasteiger partial charge in [-0.1, -0.05) is 0 Å². The van der Waals surface area contributed by atoms with Gasteiger partial charge in [0.2, 0.25) is 5.91 Å². The molecule has 0 saturated carbocycles. The van der Waals surface area contributed by atoms with Gasteiger partial charge in [-0.3, -0.25) is 4.79 Å². The number of carbonyl (C=O) groups excluding carboxylic acids is 1. The average molecular weight is 182 g/mol. The van der Waals surface area contributed by atoms with Crippen LogP contribution in [0.2, 0.25) is 0 Å².